The van der Waals surface area contributed by atoms with Crippen LogP contribution in [0.15, 0.2) is 54.7 Å². The first-order valence-electron chi connectivity index (χ1n) is 13.4. The molecule has 1 aliphatic rings. The molecule has 0 fully saturated rings. The Morgan fingerprint density at radius 2 is 1.95 bits per heavy atom. The summed E-state index contributed by atoms with van der Waals surface area (Å²) in [6.07, 6.45) is 8.63. The van der Waals surface area contributed by atoms with Crippen molar-refractivity contribution in [3.63, 3.8) is 0 Å². The normalized spacial score (nSPS) is 16.1. The number of aryl methyl sites for hydroxylation is 1. The highest BCUT2D eigenvalue weighted by molar-refractivity contribution is 6.74. The van der Waals surface area contributed by atoms with Crippen molar-refractivity contribution in [2.75, 3.05) is 26.8 Å². The van der Waals surface area contributed by atoms with E-state index in [2.05, 4.69) is 92.4 Å². The monoisotopic (exact) mass is 518 g/mol. The number of nitrogens with one attached hydrogen (secondary N) is 1. The van der Waals surface area contributed by atoms with Crippen molar-refractivity contribution >= 4 is 31.3 Å². The molecule has 1 atom stereocenters. The summed E-state index contributed by atoms with van der Waals surface area (Å²) in [5.41, 5.74) is 6.38. The van der Waals surface area contributed by atoms with Crippen LogP contribution in [0.25, 0.3) is 17.0 Å². The van der Waals surface area contributed by atoms with Crippen LogP contribution < -0.4 is 0 Å². The molecule has 0 spiro atoms. The van der Waals surface area contributed by atoms with Gasteiger partial charge in [-0.05, 0) is 71.8 Å². The summed E-state index contributed by atoms with van der Waals surface area (Å²) in [6, 6.07) is 15.5. The molecule has 0 aliphatic heterocycles. The Morgan fingerprint density at radius 3 is 2.70 bits per heavy atom. The molecular formula is C31H42N2O3Si. The van der Waals surface area contributed by atoms with Gasteiger partial charge in [0, 0.05) is 48.9 Å². The van der Waals surface area contributed by atoms with Crippen LogP contribution in [0.1, 0.15) is 55.5 Å². The molecule has 1 N–H and O–H groups in total. The molecule has 1 unspecified atom stereocenters. The maximum atomic E-state index is 11.5. The minimum absolute atomic E-state index is 0.204. The van der Waals surface area contributed by atoms with E-state index >= 15 is 0 Å². The fourth-order valence-corrected chi connectivity index (χ4v) is 6.03. The number of H-pyrrole nitrogens is 1. The lowest BCUT2D eigenvalue weighted by atomic mass is 10.0. The molecule has 3 aromatic rings. The molecule has 1 heterocycles. The van der Waals surface area contributed by atoms with Gasteiger partial charge in [0.15, 0.2) is 8.32 Å². The van der Waals surface area contributed by atoms with Gasteiger partial charge in [-0.1, -0.05) is 57.2 Å². The molecule has 0 amide bonds. The first kappa shape index (κ1) is 27.4. The molecule has 1 aliphatic carbocycles. The summed E-state index contributed by atoms with van der Waals surface area (Å²) in [6.45, 7) is 14.2. The Bertz CT molecular complexity index is 1250. The minimum atomic E-state index is -1.80. The summed E-state index contributed by atoms with van der Waals surface area (Å²) < 4.78 is 11.3. The zero-order valence-corrected chi connectivity index (χ0v) is 24.3. The van der Waals surface area contributed by atoms with Gasteiger partial charge in [-0.15, -0.1) is 0 Å². The van der Waals surface area contributed by atoms with Crippen molar-refractivity contribution in [1.29, 1.82) is 0 Å². The lowest BCUT2D eigenvalue weighted by Gasteiger charge is -2.37. The number of fused-ring (bicyclic) bond motifs is 2. The average Bonchev–Trinajstić information content (AvgIpc) is 3.47. The van der Waals surface area contributed by atoms with Gasteiger partial charge < -0.3 is 14.1 Å². The molecule has 0 radical (unpaired) electrons. The number of para-hydroxylation sites is 1. The van der Waals surface area contributed by atoms with Gasteiger partial charge in [0.05, 0.1) is 7.11 Å². The number of benzene rings is 2. The molecular weight excluding hydrogens is 476 g/mol. The number of carbonyl (C=O) groups is 1. The second-order valence-electron chi connectivity index (χ2n) is 11.6. The Labute approximate surface area is 223 Å². The number of hydrogen-bond acceptors (Lipinski definition) is 4. The Kier molecular flexibility index (Phi) is 8.41. The van der Waals surface area contributed by atoms with Gasteiger partial charge in [0.25, 0.3) is 0 Å². The quantitative estimate of drug-likeness (QED) is 0.180. The van der Waals surface area contributed by atoms with Crippen LogP contribution in [0.5, 0.6) is 0 Å². The first-order valence-corrected chi connectivity index (χ1v) is 16.3. The Morgan fingerprint density at radius 1 is 1.16 bits per heavy atom. The Hall–Kier alpha value is -2.67. The minimum Gasteiger partial charge on any atom is -0.466 e. The third kappa shape index (κ3) is 6.43. The van der Waals surface area contributed by atoms with Crippen molar-refractivity contribution < 1.29 is 14.0 Å². The third-order valence-electron chi connectivity index (χ3n) is 8.26. The zero-order chi connectivity index (χ0) is 26.6. The predicted molar refractivity (Wildman–Crippen MR) is 155 cm³/mol. The maximum absolute atomic E-state index is 11.5. The molecule has 0 saturated heterocycles. The van der Waals surface area contributed by atoms with E-state index in [1.165, 1.54) is 40.8 Å². The number of esters is 1. The summed E-state index contributed by atoms with van der Waals surface area (Å²) in [5.74, 6) is -0.330. The van der Waals surface area contributed by atoms with E-state index in [4.69, 9.17) is 9.16 Å². The number of nitrogens with zero attached hydrogens (tertiary/aromatic N) is 1. The SMILES string of the molecule is COC(=O)/C=C/c1ccc2c(c1)CCC2N(CCO[Si](C)(C)C(C)(C)C)CCc1c[nH]c2ccccc12. The highest BCUT2D eigenvalue weighted by Crippen LogP contribution is 2.38. The summed E-state index contributed by atoms with van der Waals surface area (Å²) >= 11 is 0. The van der Waals surface area contributed by atoms with Crippen molar-refractivity contribution in [1.82, 2.24) is 9.88 Å². The summed E-state index contributed by atoms with van der Waals surface area (Å²) in [5, 5.41) is 1.52. The molecule has 6 heteroatoms. The number of aromatic amines is 1. The fraction of sp³-hybridized carbons (Fsp3) is 0.452. The lowest BCUT2D eigenvalue weighted by molar-refractivity contribution is -0.134. The fourth-order valence-electron chi connectivity index (χ4n) is 4.99. The molecule has 0 bridgehead atoms. The lowest BCUT2D eigenvalue weighted by Crippen LogP contribution is -2.43. The van der Waals surface area contributed by atoms with Crippen molar-refractivity contribution in [2.45, 2.75) is 64.2 Å². The number of aromatic nitrogens is 1. The van der Waals surface area contributed by atoms with Crippen LogP contribution in [-0.2, 0) is 26.8 Å². The standard InChI is InChI=1S/C31H42N2O3Si/c1-31(2,3)37(5,6)36-20-19-33(18-17-25-22-32-28-10-8-7-9-26(25)28)29-15-13-24-21-23(11-14-27(24)29)12-16-30(34)35-4/h7-12,14,16,21-22,29,32H,13,15,17-20H2,1-6H3/b16-12+. The van der Waals surface area contributed by atoms with Gasteiger partial charge in [0.2, 0.25) is 0 Å². The smallest absolute Gasteiger partial charge is 0.330 e. The second-order valence-corrected chi connectivity index (χ2v) is 16.4. The van der Waals surface area contributed by atoms with E-state index < -0.39 is 8.32 Å². The van der Waals surface area contributed by atoms with E-state index in [0.717, 1.165) is 44.5 Å². The molecule has 0 saturated carbocycles. The molecule has 4 rings (SSSR count). The van der Waals surface area contributed by atoms with Crippen molar-refractivity contribution in [3.8, 4) is 0 Å². The number of methoxy groups -OCH3 is 1. The largest absolute Gasteiger partial charge is 0.466 e. The molecule has 5 nitrogen and oxygen atoms in total. The van der Waals surface area contributed by atoms with Gasteiger partial charge in [-0.3, -0.25) is 4.90 Å². The molecule has 37 heavy (non-hydrogen) atoms. The maximum Gasteiger partial charge on any atom is 0.330 e. The van der Waals surface area contributed by atoms with Gasteiger partial charge in [-0.2, -0.15) is 0 Å². The highest BCUT2D eigenvalue weighted by atomic mass is 28.4. The molecule has 1 aromatic heterocycles. The van der Waals surface area contributed by atoms with Gasteiger partial charge in [0.1, 0.15) is 0 Å². The molecule has 2 aromatic carbocycles. The van der Waals surface area contributed by atoms with Gasteiger partial charge >= 0.3 is 5.97 Å². The highest BCUT2D eigenvalue weighted by Gasteiger charge is 2.37. The number of carbonyl (C=O) groups excluding carboxylic acids is 1. The Balaban J connectivity index is 1.52. The van der Waals surface area contributed by atoms with E-state index in [1.807, 2.05) is 6.08 Å². The summed E-state index contributed by atoms with van der Waals surface area (Å²) in [4.78, 5) is 17.6. The molecule has 198 valence electrons. The zero-order valence-electron chi connectivity index (χ0n) is 23.3. The average molecular weight is 519 g/mol. The van der Waals surface area contributed by atoms with Crippen LogP contribution in [0.3, 0.4) is 0 Å². The van der Waals surface area contributed by atoms with Gasteiger partial charge in [-0.25, -0.2) is 4.79 Å². The third-order valence-corrected chi connectivity index (χ3v) is 12.8. The summed E-state index contributed by atoms with van der Waals surface area (Å²) in [7, 11) is -0.399. The van der Waals surface area contributed by atoms with Crippen LogP contribution in [0.4, 0.5) is 0 Å². The van der Waals surface area contributed by atoms with Crippen LogP contribution in [-0.4, -0.2) is 51.0 Å². The number of ether oxygens (including phenoxy) is 1. The second kappa shape index (κ2) is 11.4. The number of hydrogen-bond donors (Lipinski definition) is 1. The van der Waals surface area contributed by atoms with Crippen molar-refractivity contribution in [2.24, 2.45) is 0 Å². The van der Waals surface area contributed by atoms with E-state index in [9.17, 15) is 4.79 Å². The van der Waals surface area contributed by atoms with Crippen LogP contribution in [0.2, 0.25) is 18.1 Å². The van der Waals surface area contributed by atoms with Crippen LogP contribution >= 0.6 is 0 Å². The topological polar surface area (TPSA) is 54.6 Å². The van der Waals surface area contributed by atoms with E-state index in [0.29, 0.717) is 6.04 Å². The first-order chi connectivity index (χ1) is 17.6. The van der Waals surface area contributed by atoms with Crippen LogP contribution in [0, 0.1) is 0 Å². The predicted octanol–water partition coefficient (Wildman–Crippen LogP) is 6.91. The van der Waals surface area contributed by atoms with E-state index in [1.54, 1.807) is 0 Å². The van der Waals surface area contributed by atoms with Crippen molar-refractivity contribution in [3.05, 3.63) is 77.0 Å². The van der Waals surface area contributed by atoms with E-state index in [-0.39, 0.29) is 11.0 Å². The number of rotatable bonds is 10.